The Kier molecular flexibility index (Phi) is 4.29. The van der Waals surface area contributed by atoms with Crippen molar-refractivity contribution in [2.24, 2.45) is 0 Å². The standard InChI is InChI=1S/C11H13F4N/c1-16-6-2-3-8-4-5-10(12)9(7-8)11(13,14)15/h4-5,7,16H,2-3,6H2,1H3. The fourth-order valence-corrected chi connectivity index (χ4v) is 1.41. The number of alkyl halides is 3. The lowest BCUT2D eigenvalue weighted by molar-refractivity contribution is -0.140. The molecule has 0 fully saturated rings. The molecular weight excluding hydrogens is 222 g/mol. The van der Waals surface area contributed by atoms with Gasteiger partial charge in [0.1, 0.15) is 5.82 Å². The Morgan fingerprint density at radius 2 is 1.94 bits per heavy atom. The topological polar surface area (TPSA) is 12.0 Å². The summed E-state index contributed by atoms with van der Waals surface area (Å²) in [7, 11) is 1.77. The zero-order valence-electron chi connectivity index (χ0n) is 8.87. The van der Waals surface area contributed by atoms with E-state index in [-0.39, 0.29) is 0 Å². The molecule has 1 nitrogen and oxygen atoms in total. The molecule has 0 heterocycles. The van der Waals surface area contributed by atoms with Crippen LogP contribution in [0.15, 0.2) is 18.2 Å². The van der Waals surface area contributed by atoms with Crippen molar-refractivity contribution in [3.05, 3.63) is 35.1 Å². The molecule has 0 amide bonds. The summed E-state index contributed by atoms with van der Waals surface area (Å²) in [5, 5.41) is 2.90. The van der Waals surface area contributed by atoms with Crippen LogP contribution in [-0.2, 0) is 12.6 Å². The van der Waals surface area contributed by atoms with Gasteiger partial charge in [-0.25, -0.2) is 4.39 Å². The van der Waals surface area contributed by atoms with E-state index in [1.54, 1.807) is 7.05 Å². The van der Waals surface area contributed by atoms with Crippen LogP contribution in [0, 0.1) is 5.82 Å². The lowest BCUT2D eigenvalue weighted by Crippen LogP contribution is -2.10. The smallest absolute Gasteiger partial charge is 0.320 e. The maximum absolute atomic E-state index is 12.9. The number of aryl methyl sites for hydroxylation is 1. The van der Waals surface area contributed by atoms with Crippen LogP contribution in [0.25, 0.3) is 0 Å². The predicted molar refractivity (Wildman–Crippen MR) is 53.6 cm³/mol. The van der Waals surface area contributed by atoms with E-state index in [4.69, 9.17) is 0 Å². The lowest BCUT2D eigenvalue weighted by atomic mass is 10.1. The molecule has 0 atom stereocenters. The Labute approximate surface area is 91.5 Å². The summed E-state index contributed by atoms with van der Waals surface area (Å²) in [5.41, 5.74) is -0.682. The van der Waals surface area contributed by atoms with E-state index in [9.17, 15) is 17.6 Å². The molecule has 1 rings (SSSR count). The van der Waals surface area contributed by atoms with Crippen LogP contribution in [0.3, 0.4) is 0 Å². The molecular formula is C11H13F4N. The first-order chi connectivity index (χ1) is 7.45. The number of hydrogen-bond acceptors (Lipinski definition) is 1. The van der Waals surface area contributed by atoms with Crippen LogP contribution >= 0.6 is 0 Å². The van der Waals surface area contributed by atoms with Gasteiger partial charge >= 0.3 is 6.18 Å². The van der Waals surface area contributed by atoms with E-state index in [0.717, 1.165) is 25.1 Å². The van der Waals surface area contributed by atoms with Crippen molar-refractivity contribution in [3.8, 4) is 0 Å². The van der Waals surface area contributed by atoms with Gasteiger partial charge in [-0.3, -0.25) is 0 Å². The third-order valence-electron chi connectivity index (χ3n) is 2.23. The summed E-state index contributed by atoms with van der Waals surface area (Å²) in [4.78, 5) is 0. The number of hydrogen-bond donors (Lipinski definition) is 1. The molecule has 0 aliphatic carbocycles. The Morgan fingerprint density at radius 1 is 1.25 bits per heavy atom. The van der Waals surface area contributed by atoms with Crippen LogP contribution in [-0.4, -0.2) is 13.6 Å². The number of nitrogens with one attached hydrogen (secondary N) is 1. The number of halogens is 4. The van der Waals surface area contributed by atoms with Crippen molar-refractivity contribution in [1.29, 1.82) is 0 Å². The third-order valence-corrected chi connectivity index (χ3v) is 2.23. The predicted octanol–water partition coefficient (Wildman–Crippen LogP) is 3.00. The molecule has 5 heteroatoms. The second kappa shape index (κ2) is 5.30. The number of rotatable bonds is 4. The van der Waals surface area contributed by atoms with Crippen molar-refractivity contribution in [2.75, 3.05) is 13.6 Å². The van der Waals surface area contributed by atoms with Gasteiger partial charge in [0.25, 0.3) is 0 Å². The summed E-state index contributed by atoms with van der Waals surface area (Å²) >= 11 is 0. The zero-order valence-corrected chi connectivity index (χ0v) is 8.87. The third kappa shape index (κ3) is 3.48. The molecule has 1 N–H and O–H groups in total. The van der Waals surface area contributed by atoms with E-state index < -0.39 is 17.6 Å². The van der Waals surface area contributed by atoms with Gasteiger partial charge < -0.3 is 5.32 Å². The van der Waals surface area contributed by atoms with Gasteiger partial charge in [-0.05, 0) is 44.1 Å². The summed E-state index contributed by atoms with van der Waals surface area (Å²) in [6.45, 7) is 0.721. The Balaban J connectivity index is 2.82. The molecule has 0 saturated carbocycles. The van der Waals surface area contributed by atoms with Gasteiger partial charge in [0.2, 0.25) is 0 Å². The molecule has 0 aliphatic rings. The van der Waals surface area contributed by atoms with E-state index in [1.165, 1.54) is 6.07 Å². The molecule has 1 aromatic carbocycles. The van der Waals surface area contributed by atoms with Crippen molar-refractivity contribution in [1.82, 2.24) is 5.32 Å². The quantitative estimate of drug-likeness (QED) is 0.625. The molecule has 0 unspecified atom stereocenters. The molecule has 1 aromatic rings. The highest BCUT2D eigenvalue weighted by Gasteiger charge is 2.34. The van der Waals surface area contributed by atoms with E-state index in [1.807, 2.05) is 0 Å². The van der Waals surface area contributed by atoms with E-state index in [2.05, 4.69) is 5.32 Å². The largest absolute Gasteiger partial charge is 0.419 e. The Morgan fingerprint density at radius 3 is 2.50 bits per heavy atom. The van der Waals surface area contributed by atoms with E-state index >= 15 is 0 Å². The van der Waals surface area contributed by atoms with Crippen molar-refractivity contribution < 1.29 is 17.6 Å². The molecule has 16 heavy (non-hydrogen) atoms. The molecule has 0 bridgehead atoms. The fraction of sp³-hybridized carbons (Fsp3) is 0.455. The minimum Gasteiger partial charge on any atom is -0.320 e. The minimum atomic E-state index is -4.62. The lowest BCUT2D eigenvalue weighted by Gasteiger charge is -2.10. The molecule has 0 aliphatic heterocycles. The zero-order chi connectivity index (χ0) is 12.2. The summed E-state index contributed by atoms with van der Waals surface area (Å²) < 4.78 is 50.0. The first-order valence-corrected chi connectivity index (χ1v) is 4.95. The average molecular weight is 235 g/mol. The molecule has 90 valence electrons. The van der Waals surface area contributed by atoms with Crippen LogP contribution in [0.4, 0.5) is 17.6 Å². The van der Waals surface area contributed by atoms with Gasteiger partial charge in [-0.15, -0.1) is 0 Å². The summed E-state index contributed by atoms with van der Waals surface area (Å²) in [5.74, 6) is -1.22. The van der Waals surface area contributed by atoms with Crippen LogP contribution < -0.4 is 5.32 Å². The first-order valence-electron chi connectivity index (χ1n) is 4.95. The molecule has 0 radical (unpaired) electrons. The maximum Gasteiger partial charge on any atom is 0.419 e. The van der Waals surface area contributed by atoms with E-state index in [0.29, 0.717) is 12.0 Å². The molecule has 0 saturated heterocycles. The highest BCUT2D eigenvalue weighted by Crippen LogP contribution is 2.32. The van der Waals surface area contributed by atoms with Gasteiger partial charge in [-0.2, -0.15) is 13.2 Å². The van der Waals surface area contributed by atoms with Crippen LogP contribution in [0.1, 0.15) is 17.5 Å². The van der Waals surface area contributed by atoms with Crippen LogP contribution in [0.2, 0.25) is 0 Å². The van der Waals surface area contributed by atoms with Gasteiger partial charge in [0, 0.05) is 0 Å². The molecule has 0 aromatic heterocycles. The normalized spacial score (nSPS) is 11.8. The van der Waals surface area contributed by atoms with Gasteiger partial charge in [0.15, 0.2) is 0 Å². The second-order valence-electron chi connectivity index (χ2n) is 3.52. The summed E-state index contributed by atoms with van der Waals surface area (Å²) in [6, 6.07) is 3.14. The van der Waals surface area contributed by atoms with Crippen LogP contribution in [0.5, 0.6) is 0 Å². The molecule has 0 spiro atoms. The maximum atomic E-state index is 12.9. The minimum absolute atomic E-state index is 0.504. The monoisotopic (exact) mass is 235 g/mol. The van der Waals surface area contributed by atoms with Gasteiger partial charge in [-0.1, -0.05) is 6.07 Å². The average Bonchev–Trinajstić information content (AvgIpc) is 2.19. The second-order valence-corrected chi connectivity index (χ2v) is 3.52. The Hall–Kier alpha value is -1.10. The highest BCUT2D eigenvalue weighted by molar-refractivity contribution is 5.27. The Bertz CT molecular complexity index is 346. The fourth-order valence-electron chi connectivity index (χ4n) is 1.41. The number of benzene rings is 1. The van der Waals surface area contributed by atoms with Gasteiger partial charge in [0.05, 0.1) is 5.56 Å². The van der Waals surface area contributed by atoms with Crippen molar-refractivity contribution >= 4 is 0 Å². The highest BCUT2D eigenvalue weighted by atomic mass is 19.4. The first kappa shape index (κ1) is 13.0. The van der Waals surface area contributed by atoms with Crippen molar-refractivity contribution in [3.63, 3.8) is 0 Å². The summed E-state index contributed by atoms with van der Waals surface area (Å²) in [6.07, 6.45) is -3.40. The SMILES string of the molecule is CNCCCc1ccc(F)c(C(F)(F)F)c1. The van der Waals surface area contributed by atoms with Crippen molar-refractivity contribution in [2.45, 2.75) is 19.0 Å².